The molecule has 0 bridgehead atoms. The molecular formula is C16H18N4O. The van der Waals surface area contributed by atoms with Gasteiger partial charge < -0.3 is 15.5 Å². The van der Waals surface area contributed by atoms with E-state index in [1.165, 1.54) is 5.56 Å². The minimum absolute atomic E-state index is 0.110. The number of anilines is 3. The second-order valence-electron chi connectivity index (χ2n) is 5.27. The first kappa shape index (κ1) is 13.4. The van der Waals surface area contributed by atoms with Crippen LogP contribution in [-0.4, -0.2) is 31.5 Å². The second kappa shape index (κ2) is 5.44. The molecule has 3 rings (SSSR count). The van der Waals surface area contributed by atoms with Crippen molar-refractivity contribution in [3.05, 3.63) is 47.7 Å². The molecule has 0 saturated carbocycles. The summed E-state index contributed by atoms with van der Waals surface area (Å²) in [6, 6.07) is 9.44. The molecule has 0 unspecified atom stereocenters. The average Bonchev–Trinajstić information content (AvgIpc) is 2.94. The lowest BCUT2D eigenvalue weighted by molar-refractivity contribution is 0.102. The maximum Gasteiger partial charge on any atom is 0.255 e. The van der Waals surface area contributed by atoms with Gasteiger partial charge in [-0.3, -0.25) is 4.79 Å². The van der Waals surface area contributed by atoms with Crippen LogP contribution in [0.1, 0.15) is 15.9 Å². The van der Waals surface area contributed by atoms with Gasteiger partial charge in [-0.1, -0.05) is 0 Å². The third-order valence-electron chi connectivity index (χ3n) is 3.54. The Hall–Kier alpha value is -2.56. The lowest BCUT2D eigenvalue weighted by atomic mass is 10.1. The van der Waals surface area contributed by atoms with Crippen LogP contribution in [0, 0.1) is 0 Å². The maximum atomic E-state index is 12.4. The smallest absolute Gasteiger partial charge is 0.255 e. The van der Waals surface area contributed by atoms with E-state index in [1.54, 1.807) is 6.20 Å². The standard InChI is InChI=1S/C16H18N4O/c1-20(2)15-14(4-3-8-18-15)19-16(21)12-5-6-13-11(10-12)7-9-17-13/h3-6,8,10,17H,7,9H2,1-2H3,(H,19,21). The third kappa shape index (κ3) is 2.67. The predicted molar refractivity (Wildman–Crippen MR) is 85.2 cm³/mol. The number of hydrogen-bond acceptors (Lipinski definition) is 4. The summed E-state index contributed by atoms with van der Waals surface area (Å²) in [5, 5.41) is 6.23. The van der Waals surface area contributed by atoms with E-state index in [0.29, 0.717) is 11.3 Å². The van der Waals surface area contributed by atoms with E-state index >= 15 is 0 Å². The average molecular weight is 282 g/mol. The van der Waals surface area contributed by atoms with Crippen molar-refractivity contribution >= 4 is 23.1 Å². The van der Waals surface area contributed by atoms with E-state index < -0.39 is 0 Å². The number of nitrogens with zero attached hydrogens (tertiary/aromatic N) is 2. The lowest BCUT2D eigenvalue weighted by Gasteiger charge is -2.16. The van der Waals surface area contributed by atoms with E-state index in [2.05, 4.69) is 15.6 Å². The van der Waals surface area contributed by atoms with Gasteiger partial charge in [-0.05, 0) is 42.3 Å². The Morgan fingerprint density at radius 3 is 3.00 bits per heavy atom. The molecule has 0 aliphatic carbocycles. The van der Waals surface area contributed by atoms with E-state index in [4.69, 9.17) is 0 Å². The summed E-state index contributed by atoms with van der Waals surface area (Å²) in [7, 11) is 3.80. The van der Waals surface area contributed by atoms with Crippen molar-refractivity contribution in [3.8, 4) is 0 Å². The van der Waals surface area contributed by atoms with Crippen LogP contribution in [0.2, 0.25) is 0 Å². The van der Waals surface area contributed by atoms with Gasteiger partial charge >= 0.3 is 0 Å². The SMILES string of the molecule is CN(C)c1ncccc1NC(=O)c1ccc2c(c1)CCN2. The van der Waals surface area contributed by atoms with E-state index in [0.717, 1.165) is 24.5 Å². The Morgan fingerprint density at radius 2 is 2.19 bits per heavy atom. The molecule has 1 aromatic carbocycles. The monoisotopic (exact) mass is 282 g/mol. The molecular weight excluding hydrogens is 264 g/mol. The highest BCUT2D eigenvalue weighted by Gasteiger charge is 2.15. The molecule has 1 aliphatic heterocycles. The molecule has 0 fully saturated rings. The van der Waals surface area contributed by atoms with Gasteiger partial charge in [0.05, 0.1) is 5.69 Å². The molecule has 0 radical (unpaired) electrons. The highest BCUT2D eigenvalue weighted by Crippen LogP contribution is 2.25. The molecule has 0 spiro atoms. The Morgan fingerprint density at radius 1 is 1.33 bits per heavy atom. The van der Waals surface area contributed by atoms with Gasteiger partial charge in [-0.15, -0.1) is 0 Å². The predicted octanol–water partition coefficient (Wildman–Crippen LogP) is 2.37. The number of aromatic nitrogens is 1. The first-order valence-corrected chi connectivity index (χ1v) is 6.95. The minimum Gasteiger partial charge on any atom is -0.384 e. The van der Waals surface area contributed by atoms with Crippen molar-refractivity contribution in [1.29, 1.82) is 0 Å². The summed E-state index contributed by atoms with van der Waals surface area (Å²) >= 11 is 0. The van der Waals surface area contributed by atoms with Crippen LogP contribution < -0.4 is 15.5 Å². The van der Waals surface area contributed by atoms with Crippen LogP contribution in [0.3, 0.4) is 0 Å². The zero-order valence-corrected chi connectivity index (χ0v) is 12.2. The fourth-order valence-corrected chi connectivity index (χ4v) is 2.49. The summed E-state index contributed by atoms with van der Waals surface area (Å²) in [6.45, 7) is 0.938. The number of hydrogen-bond donors (Lipinski definition) is 2. The number of pyridine rings is 1. The molecule has 2 heterocycles. The van der Waals surface area contributed by atoms with Gasteiger partial charge in [-0.25, -0.2) is 4.98 Å². The first-order valence-electron chi connectivity index (χ1n) is 6.95. The van der Waals surface area contributed by atoms with Gasteiger partial charge in [-0.2, -0.15) is 0 Å². The molecule has 0 atom stereocenters. The first-order chi connectivity index (χ1) is 10.1. The summed E-state index contributed by atoms with van der Waals surface area (Å²) in [5.74, 6) is 0.634. The van der Waals surface area contributed by atoms with Crippen molar-refractivity contribution in [3.63, 3.8) is 0 Å². The van der Waals surface area contributed by atoms with Gasteiger partial charge in [0, 0.05) is 38.1 Å². The highest BCUT2D eigenvalue weighted by molar-refractivity contribution is 6.06. The Balaban J connectivity index is 1.84. The highest BCUT2D eigenvalue weighted by atomic mass is 16.1. The van der Waals surface area contributed by atoms with Crippen molar-refractivity contribution in [2.75, 3.05) is 36.2 Å². The second-order valence-corrected chi connectivity index (χ2v) is 5.27. The number of carbonyl (C=O) groups excluding carboxylic acids is 1. The summed E-state index contributed by atoms with van der Waals surface area (Å²) < 4.78 is 0. The fraction of sp³-hybridized carbons (Fsp3) is 0.250. The number of nitrogens with one attached hydrogen (secondary N) is 2. The quantitative estimate of drug-likeness (QED) is 0.907. The van der Waals surface area contributed by atoms with Gasteiger partial charge in [0.1, 0.15) is 0 Å². The molecule has 1 aromatic heterocycles. The van der Waals surface area contributed by atoms with Crippen molar-refractivity contribution in [1.82, 2.24) is 4.98 Å². The Kier molecular flexibility index (Phi) is 3.48. The fourth-order valence-electron chi connectivity index (χ4n) is 2.49. The topological polar surface area (TPSA) is 57.3 Å². The van der Waals surface area contributed by atoms with Crippen LogP contribution >= 0.6 is 0 Å². The number of fused-ring (bicyclic) bond motifs is 1. The summed E-state index contributed by atoms with van der Waals surface area (Å²) in [6.07, 6.45) is 2.68. The van der Waals surface area contributed by atoms with Crippen LogP contribution in [0.15, 0.2) is 36.5 Å². The molecule has 1 amide bonds. The molecule has 2 N–H and O–H groups in total. The number of benzene rings is 1. The summed E-state index contributed by atoms with van der Waals surface area (Å²) in [5.41, 5.74) is 3.71. The molecule has 5 heteroatoms. The van der Waals surface area contributed by atoms with E-state index in [-0.39, 0.29) is 5.91 Å². The van der Waals surface area contributed by atoms with Crippen LogP contribution in [0.25, 0.3) is 0 Å². The van der Waals surface area contributed by atoms with Crippen molar-refractivity contribution < 1.29 is 4.79 Å². The van der Waals surface area contributed by atoms with Gasteiger partial charge in [0.2, 0.25) is 0 Å². The third-order valence-corrected chi connectivity index (χ3v) is 3.54. The number of rotatable bonds is 3. The maximum absolute atomic E-state index is 12.4. The van der Waals surface area contributed by atoms with Gasteiger partial charge in [0.25, 0.3) is 5.91 Å². The molecule has 0 saturated heterocycles. The normalized spacial score (nSPS) is 12.5. The zero-order valence-electron chi connectivity index (χ0n) is 12.2. The minimum atomic E-state index is -0.110. The molecule has 108 valence electrons. The number of amides is 1. The Bertz CT molecular complexity index is 682. The molecule has 5 nitrogen and oxygen atoms in total. The van der Waals surface area contributed by atoms with Crippen LogP contribution in [-0.2, 0) is 6.42 Å². The largest absolute Gasteiger partial charge is 0.384 e. The zero-order chi connectivity index (χ0) is 14.8. The van der Waals surface area contributed by atoms with Crippen LogP contribution in [0.4, 0.5) is 17.2 Å². The molecule has 21 heavy (non-hydrogen) atoms. The number of carbonyl (C=O) groups is 1. The van der Waals surface area contributed by atoms with Gasteiger partial charge in [0.15, 0.2) is 5.82 Å². The van der Waals surface area contributed by atoms with E-state index in [9.17, 15) is 4.79 Å². The molecule has 1 aliphatic rings. The van der Waals surface area contributed by atoms with Crippen molar-refractivity contribution in [2.24, 2.45) is 0 Å². The van der Waals surface area contributed by atoms with E-state index in [1.807, 2.05) is 49.3 Å². The van der Waals surface area contributed by atoms with Crippen LogP contribution in [0.5, 0.6) is 0 Å². The van der Waals surface area contributed by atoms with Crippen molar-refractivity contribution in [2.45, 2.75) is 6.42 Å². The molecule has 2 aromatic rings. The summed E-state index contributed by atoms with van der Waals surface area (Å²) in [4.78, 5) is 18.6. The lowest BCUT2D eigenvalue weighted by Crippen LogP contribution is -2.17. The Labute approximate surface area is 124 Å².